The highest BCUT2D eigenvalue weighted by atomic mass is 16.3. The molecule has 3 N–H and O–H groups in total. The first-order valence-corrected chi connectivity index (χ1v) is 4.93. The van der Waals surface area contributed by atoms with E-state index in [1.165, 1.54) is 0 Å². The Morgan fingerprint density at radius 3 is 2.73 bits per heavy atom. The zero-order valence-electron chi connectivity index (χ0n) is 8.90. The number of rotatable bonds is 5. The van der Waals surface area contributed by atoms with Gasteiger partial charge in [-0.15, -0.1) is 0 Å². The molecular formula is C12H17NO2. The van der Waals surface area contributed by atoms with Gasteiger partial charge in [-0.2, -0.15) is 0 Å². The van der Waals surface area contributed by atoms with Crippen LogP contribution in [0, 0.1) is 0 Å². The molecule has 3 nitrogen and oxygen atoms in total. The average Bonchev–Trinajstić information content (AvgIpc) is 2.26. The van der Waals surface area contributed by atoms with Gasteiger partial charge in [-0.3, -0.25) is 0 Å². The summed E-state index contributed by atoms with van der Waals surface area (Å²) in [5.74, 6) is 0. The van der Waals surface area contributed by atoms with Gasteiger partial charge in [-0.25, -0.2) is 0 Å². The summed E-state index contributed by atoms with van der Waals surface area (Å²) in [6.07, 6.45) is -0.733. The van der Waals surface area contributed by atoms with Crippen LogP contribution in [0.1, 0.15) is 12.5 Å². The highest BCUT2D eigenvalue weighted by molar-refractivity contribution is 5.73. The average molecular weight is 207 g/mol. The Kier molecular flexibility index (Phi) is 4.34. The van der Waals surface area contributed by atoms with Crippen molar-refractivity contribution in [3.05, 3.63) is 36.4 Å². The summed E-state index contributed by atoms with van der Waals surface area (Å²) in [6, 6.07) is 7.75. The van der Waals surface area contributed by atoms with Crippen LogP contribution in [0.15, 0.2) is 30.8 Å². The van der Waals surface area contributed by atoms with E-state index in [2.05, 4.69) is 11.9 Å². The van der Waals surface area contributed by atoms with E-state index < -0.39 is 6.10 Å². The van der Waals surface area contributed by atoms with Crippen LogP contribution in [-0.2, 0) is 0 Å². The number of aliphatic hydroxyl groups is 2. The van der Waals surface area contributed by atoms with Crippen molar-refractivity contribution in [2.75, 3.05) is 18.5 Å². The molecule has 0 bridgehead atoms. The minimum atomic E-state index is -0.733. The van der Waals surface area contributed by atoms with E-state index in [0.29, 0.717) is 6.54 Å². The first kappa shape index (κ1) is 11.8. The van der Waals surface area contributed by atoms with Gasteiger partial charge in [-0.1, -0.05) is 24.8 Å². The first-order valence-electron chi connectivity index (χ1n) is 4.93. The van der Waals surface area contributed by atoms with Crippen molar-refractivity contribution in [3.63, 3.8) is 0 Å². The largest absolute Gasteiger partial charge is 0.394 e. The normalized spacial score (nSPS) is 12.2. The van der Waals surface area contributed by atoms with Gasteiger partial charge in [0.25, 0.3) is 0 Å². The van der Waals surface area contributed by atoms with Crippen molar-refractivity contribution in [2.45, 2.75) is 13.0 Å². The molecule has 0 saturated heterocycles. The molecule has 0 aliphatic rings. The number of aliphatic hydroxyl groups excluding tert-OH is 2. The fraction of sp³-hybridized carbons (Fsp3) is 0.333. The molecule has 0 saturated carbocycles. The number of allylic oxidation sites excluding steroid dienone is 1. The molecule has 0 amide bonds. The van der Waals surface area contributed by atoms with Gasteiger partial charge >= 0.3 is 0 Å². The van der Waals surface area contributed by atoms with Gasteiger partial charge in [0.1, 0.15) is 0 Å². The Morgan fingerprint density at radius 1 is 1.47 bits per heavy atom. The molecule has 0 spiro atoms. The molecule has 1 aromatic rings. The second-order valence-electron chi connectivity index (χ2n) is 3.54. The molecule has 0 aliphatic heterocycles. The van der Waals surface area contributed by atoms with Crippen LogP contribution in [0.5, 0.6) is 0 Å². The van der Waals surface area contributed by atoms with Crippen LogP contribution in [0.3, 0.4) is 0 Å². The van der Waals surface area contributed by atoms with Gasteiger partial charge in [-0.05, 0) is 24.1 Å². The van der Waals surface area contributed by atoms with Gasteiger partial charge in [0, 0.05) is 12.2 Å². The number of anilines is 1. The molecule has 1 atom stereocenters. The maximum Gasteiger partial charge on any atom is 0.0942 e. The van der Waals surface area contributed by atoms with Crippen molar-refractivity contribution in [2.24, 2.45) is 0 Å². The van der Waals surface area contributed by atoms with Crippen molar-refractivity contribution < 1.29 is 10.2 Å². The Bertz CT molecular complexity index is 336. The van der Waals surface area contributed by atoms with Gasteiger partial charge in [0.05, 0.1) is 12.7 Å². The SMILES string of the molecule is C=C(C)c1ccccc1NCC(O)CO. The topological polar surface area (TPSA) is 52.5 Å². The molecule has 1 aromatic carbocycles. The molecule has 0 heterocycles. The lowest BCUT2D eigenvalue weighted by Crippen LogP contribution is -2.23. The molecule has 3 heteroatoms. The predicted octanol–water partition coefficient (Wildman–Crippen LogP) is 1.48. The molecule has 1 rings (SSSR count). The minimum absolute atomic E-state index is 0.234. The summed E-state index contributed by atoms with van der Waals surface area (Å²) < 4.78 is 0. The van der Waals surface area contributed by atoms with E-state index in [1.54, 1.807) is 0 Å². The Labute approximate surface area is 90.1 Å². The standard InChI is InChI=1S/C12H17NO2/c1-9(2)11-5-3-4-6-12(11)13-7-10(15)8-14/h3-6,10,13-15H,1,7-8H2,2H3. The zero-order chi connectivity index (χ0) is 11.3. The molecule has 15 heavy (non-hydrogen) atoms. The molecule has 82 valence electrons. The van der Waals surface area contributed by atoms with Gasteiger partial charge in [0.2, 0.25) is 0 Å². The summed E-state index contributed by atoms with van der Waals surface area (Å²) in [4.78, 5) is 0. The van der Waals surface area contributed by atoms with E-state index in [1.807, 2.05) is 31.2 Å². The molecule has 1 unspecified atom stereocenters. The Balaban J connectivity index is 2.72. The lowest BCUT2D eigenvalue weighted by molar-refractivity contribution is 0.105. The number of benzene rings is 1. The third kappa shape index (κ3) is 3.38. The van der Waals surface area contributed by atoms with E-state index >= 15 is 0 Å². The van der Waals surface area contributed by atoms with Crippen LogP contribution in [0.25, 0.3) is 5.57 Å². The number of hydrogen-bond acceptors (Lipinski definition) is 3. The van der Waals surface area contributed by atoms with Crippen molar-refractivity contribution in [3.8, 4) is 0 Å². The summed E-state index contributed by atoms with van der Waals surface area (Å²) in [6.45, 7) is 5.92. The highest BCUT2D eigenvalue weighted by Crippen LogP contribution is 2.21. The predicted molar refractivity (Wildman–Crippen MR) is 62.7 cm³/mol. The van der Waals surface area contributed by atoms with Gasteiger partial charge in [0.15, 0.2) is 0 Å². The van der Waals surface area contributed by atoms with E-state index in [0.717, 1.165) is 16.8 Å². The quantitative estimate of drug-likeness (QED) is 0.685. The lowest BCUT2D eigenvalue weighted by Gasteiger charge is -2.13. The summed E-state index contributed by atoms with van der Waals surface area (Å²) in [5, 5.41) is 21.0. The molecule has 0 aliphatic carbocycles. The number of hydrogen-bond donors (Lipinski definition) is 3. The van der Waals surface area contributed by atoms with Crippen molar-refractivity contribution in [1.82, 2.24) is 0 Å². The van der Waals surface area contributed by atoms with E-state index in [-0.39, 0.29) is 6.61 Å². The molecular weight excluding hydrogens is 190 g/mol. The second-order valence-corrected chi connectivity index (χ2v) is 3.54. The fourth-order valence-electron chi connectivity index (χ4n) is 1.30. The van der Waals surface area contributed by atoms with E-state index in [9.17, 15) is 5.11 Å². The Morgan fingerprint density at radius 2 is 2.13 bits per heavy atom. The summed E-state index contributed by atoms with van der Waals surface area (Å²) >= 11 is 0. The van der Waals surface area contributed by atoms with Crippen LogP contribution >= 0.6 is 0 Å². The van der Waals surface area contributed by atoms with Crippen LogP contribution < -0.4 is 5.32 Å². The second kappa shape index (κ2) is 5.53. The lowest BCUT2D eigenvalue weighted by atomic mass is 10.1. The molecule has 0 aromatic heterocycles. The first-order chi connectivity index (χ1) is 7.15. The highest BCUT2D eigenvalue weighted by Gasteiger charge is 2.04. The van der Waals surface area contributed by atoms with Crippen LogP contribution in [0.4, 0.5) is 5.69 Å². The maximum absolute atomic E-state index is 9.21. The van der Waals surface area contributed by atoms with Crippen LogP contribution in [0.2, 0.25) is 0 Å². The number of nitrogens with one attached hydrogen (secondary N) is 1. The van der Waals surface area contributed by atoms with Gasteiger partial charge < -0.3 is 15.5 Å². The maximum atomic E-state index is 9.21. The summed E-state index contributed by atoms with van der Waals surface area (Å²) in [7, 11) is 0. The fourth-order valence-corrected chi connectivity index (χ4v) is 1.30. The third-order valence-corrected chi connectivity index (χ3v) is 2.13. The number of para-hydroxylation sites is 1. The third-order valence-electron chi connectivity index (χ3n) is 2.13. The minimum Gasteiger partial charge on any atom is -0.394 e. The Hall–Kier alpha value is -1.32. The van der Waals surface area contributed by atoms with Crippen molar-refractivity contribution >= 4 is 11.3 Å². The van der Waals surface area contributed by atoms with E-state index in [4.69, 9.17) is 5.11 Å². The zero-order valence-corrected chi connectivity index (χ0v) is 8.90. The summed E-state index contributed by atoms with van der Waals surface area (Å²) in [5.41, 5.74) is 2.93. The van der Waals surface area contributed by atoms with Crippen LogP contribution in [-0.4, -0.2) is 29.5 Å². The molecule has 0 radical (unpaired) electrons. The monoisotopic (exact) mass is 207 g/mol. The molecule has 0 fully saturated rings. The smallest absolute Gasteiger partial charge is 0.0942 e. The van der Waals surface area contributed by atoms with Crippen molar-refractivity contribution in [1.29, 1.82) is 0 Å².